The number of nitrogens with zero attached hydrogens (tertiary/aromatic N) is 1. The van der Waals surface area contributed by atoms with Crippen LogP contribution in [0.1, 0.15) is 219 Å². The molecule has 0 spiro atoms. The largest absolute Gasteiger partial charge is 0.477 e. The molecule has 9 nitrogen and oxygen atoms in total. The van der Waals surface area contributed by atoms with Crippen LogP contribution in [-0.2, 0) is 33.3 Å². The Morgan fingerprint density at radius 1 is 0.370 bits per heavy atom. The Kier molecular flexibility index (Phi) is 57.2. The lowest BCUT2D eigenvalue weighted by Gasteiger charge is -2.25. The van der Waals surface area contributed by atoms with E-state index in [0.29, 0.717) is 17.4 Å². The third-order valence-electron chi connectivity index (χ3n) is 12.8. The molecule has 0 bridgehead atoms. The number of hydrogen-bond donors (Lipinski definition) is 1. The molecule has 0 amide bonds. The fraction of sp³-hybridized carbons (Fsp3) is 0.597. The summed E-state index contributed by atoms with van der Waals surface area (Å²) < 4.78 is 22.9. The van der Waals surface area contributed by atoms with E-state index in [4.69, 9.17) is 18.9 Å². The molecule has 9 heteroatoms. The van der Waals surface area contributed by atoms with E-state index in [1.807, 2.05) is 21.1 Å². The SMILES string of the molecule is CC/C=C\C/C=C\C/C=C\C/C=C\C/C=C\C/C=C\C/C=C\CCCCCCCCCCCC(=O)OC(COC(=O)CCCCCCCC/C=C\C/C=C\C/C=C\C/C=C\C/C=C\C/C=C\CC)COC(OCC[N+](C)(C)C)C(=O)O. The Bertz CT molecular complexity index is 1880. The topological polar surface area (TPSA) is 108 Å². The van der Waals surface area contributed by atoms with Crippen LogP contribution in [0.25, 0.3) is 0 Å². The molecule has 0 rings (SSSR count). The van der Waals surface area contributed by atoms with Gasteiger partial charge in [0.15, 0.2) is 6.10 Å². The van der Waals surface area contributed by atoms with Gasteiger partial charge in [0.25, 0.3) is 6.29 Å². The molecule has 2 atom stereocenters. The average Bonchev–Trinajstić information content (AvgIpc) is 3.44. The number of hydrogen-bond acceptors (Lipinski definition) is 7. The van der Waals surface area contributed by atoms with Crippen molar-refractivity contribution >= 4 is 17.9 Å². The molecule has 0 radical (unpaired) electrons. The van der Waals surface area contributed by atoms with Crippen molar-refractivity contribution < 1.29 is 42.9 Å². The quantitative estimate of drug-likeness (QED) is 0.0211. The lowest BCUT2D eigenvalue weighted by Crippen LogP contribution is -2.40. The summed E-state index contributed by atoms with van der Waals surface area (Å²) in [5, 5.41) is 9.73. The number of rotatable bonds is 56. The van der Waals surface area contributed by atoms with Gasteiger partial charge in [0.05, 0.1) is 34.4 Å². The van der Waals surface area contributed by atoms with Crippen LogP contribution in [0.5, 0.6) is 0 Å². The van der Waals surface area contributed by atoms with Gasteiger partial charge in [-0.05, 0) is 122 Å². The molecule has 2 unspecified atom stereocenters. The van der Waals surface area contributed by atoms with Gasteiger partial charge in [-0.1, -0.05) is 242 Å². The number of carboxylic acid groups (broad SMARTS) is 1. The Morgan fingerprint density at radius 3 is 0.988 bits per heavy atom. The molecule has 456 valence electrons. The Hall–Kier alpha value is -5.09. The summed E-state index contributed by atoms with van der Waals surface area (Å²) in [7, 11) is 5.95. The molecule has 0 fully saturated rings. The normalized spacial score (nSPS) is 13.8. The van der Waals surface area contributed by atoms with Crippen LogP contribution in [0.2, 0.25) is 0 Å². The Balaban J connectivity index is 4.29. The fourth-order valence-corrected chi connectivity index (χ4v) is 8.00. The van der Waals surface area contributed by atoms with E-state index in [9.17, 15) is 19.5 Å². The van der Waals surface area contributed by atoms with E-state index in [0.717, 1.165) is 154 Å². The monoisotopic (exact) mass is 1120 g/mol. The molecule has 0 aliphatic rings. The van der Waals surface area contributed by atoms with Crippen molar-refractivity contribution in [3.05, 3.63) is 158 Å². The molecule has 0 aromatic heterocycles. The van der Waals surface area contributed by atoms with Crippen LogP contribution in [0.3, 0.4) is 0 Å². The molecule has 0 saturated heterocycles. The van der Waals surface area contributed by atoms with Gasteiger partial charge in [0.1, 0.15) is 13.2 Å². The molecule has 0 aromatic carbocycles. The number of carboxylic acids is 1. The summed E-state index contributed by atoms with van der Waals surface area (Å²) in [6.07, 6.45) is 87.5. The third kappa shape index (κ3) is 62.4. The van der Waals surface area contributed by atoms with E-state index in [1.54, 1.807) is 0 Å². The minimum Gasteiger partial charge on any atom is -0.477 e. The minimum atomic E-state index is -1.53. The zero-order chi connectivity index (χ0) is 59.1. The number of aliphatic carboxylic acids is 1. The van der Waals surface area contributed by atoms with Crippen molar-refractivity contribution in [2.45, 2.75) is 232 Å². The highest BCUT2D eigenvalue weighted by molar-refractivity contribution is 5.71. The number of likely N-dealkylation sites (N-methyl/N-ethyl adjacent to an activating group) is 1. The van der Waals surface area contributed by atoms with Crippen molar-refractivity contribution in [2.24, 2.45) is 0 Å². The van der Waals surface area contributed by atoms with Crippen LogP contribution >= 0.6 is 0 Å². The summed E-state index contributed by atoms with van der Waals surface area (Å²) in [5.41, 5.74) is 0. The zero-order valence-electron chi connectivity index (χ0n) is 51.9. The van der Waals surface area contributed by atoms with Crippen LogP contribution in [0.4, 0.5) is 0 Å². The first-order chi connectivity index (χ1) is 39.6. The van der Waals surface area contributed by atoms with Crippen molar-refractivity contribution in [1.29, 1.82) is 0 Å². The lowest BCUT2D eigenvalue weighted by molar-refractivity contribution is -0.870. The van der Waals surface area contributed by atoms with E-state index in [1.165, 1.54) is 32.1 Å². The minimum absolute atomic E-state index is 0.174. The molecule has 81 heavy (non-hydrogen) atoms. The number of unbranched alkanes of at least 4 members (excludes halogenated alkanes) is 15. The predicted octanol–water partition coefficient (Wildman–Crippen LogP) is 19.3. The third-order valence-corrected chi connectivity index (χ3v) is 12.8. The molecule has 0 aliphatic carbocycles. The van der Waals surface area contributed by atoms with Gasteiger partial charge < -0.3 is 28.5 Å². The molecule has 0 heterocycles. The molecule has 0 aliphatic heterocycles. The first-order valence-electron chi connectivity index (χ1n) is 31.6. The number of ether oxygens (including phenoxy) is 4. The summed E-state index contributed by atoms with van der Waals surface area (Å²) in [5.74, 6) is -2.05. The van der Waals surface area contributed by atoms with Crippen LogP contribution in [0, 0.1) is 0 Å². The summed E-state index contributed by atoms with van der Waals surface area (Å²) in [6, 6.07) is 0. The van der Waals surface area contributed by atoms with Gasteiger partial charge >= 0.3 is 17.9 Å². The number of allylic oxidation sites excluding steroid dienone is 26. The van der Waals surface area contributed by atoms with E-state index in [2.05, 4.69) is 172 Å². The van der Waals surface area contributed by atoms with E-state index in [-0.39, 0.29) is 38.6 Å². The molecule has 0 aromatic rings. The van der Waals surface area contributed by atoms with E-state index >= 15 is 0 Å². The maximum atomic E-state index is 12.9. The number of quaternary nitrogens is 1. The molecule has 1 N–H and O–H groups in total. The van der Waals surface area contributed by atoms with Crippen LogP contribution in [0.15, 0.2) is 158 Å². The Morgan fingerprint density at radius 2 is 0.667 bits per heavy atom. The van der Waals surface area contributed by atoms with Gasteiger partial charge in [0, 0.05) is 12.8 Å². The molecular formula is C72H116NO8+. The van der Waals surface area contributed by atoms with Crippen molar-refractivity contribution in [1.82, 2.24) is 0 Å². The molecule has 0 saturated carbocycles. The first-order valence-corrected chi connectivity index (χ1v) is 31.6. The van der Waals surface area contributed by atoms with Gasteiger partial charge in [-0.3, -0.25) is 9.59 Å². The number of esters is 2. The smallest absolute Gasteiger partial charge is 0.361 e. The standard InChI is InChI=1S/C72H115NO8/c1-6-8-10-12-14-16-18-20-22-24-26-28-30-32-33-34-35-36-37-39-41-43-45-47-49-51-53-55-57-59-61-63-70(75)81-68(67-80-72(71(76)77)78-65-64-73(3,4)5)66-79-69(74)62-60-58-56-54-52-50-48-46-44-42-40-38-31-29-27-25-23-21-19-17-15-13-11-9-7-2/h8-11,14-17,20-23,26-29,32-33,35-36,38-41,44,46,68,72H,6-7,12-13,18-19,24-25,30-31,34,37,42-43,45,47-67H2,1-5H3/p+1/b10-8-,11-9-,16-14-,17-15-,22-20-,23-21-,28-26-,29-27-,33-32-,36-35-,40-38-,41-39-,46-44-. The highest BCUT2D eigenvalue weighted by Gasteiger charge is 2.25. The second-order valence-corrected chi connectivity index (χ2v) is 21.6. The second kappa shape index (κ2) is 61.0. The summed E-state index contributed by atoms with van der Waals surface area (Å²) in [6.45, 7) is 4.60. The lowest BCUT2D eigenvalue weighted by atomic mass is 10.1. The molecular weight excluding hydrogens is 1010 g/mol. The highest BCUT2D eigenvalue weighted by Crippen LogP contribution is 2.14. The first kappa shape index (κ1) is 75.9. The fourth-order valence-electron chi connectivity index (χ4n) is 8.00. The second-order valence-electron chi connectivity index (χ2n) is 21.6. The maximum absolute atomic E-state index is 12.9. The van der Waals surface area contributed by atoms with Crippen LogP contribution < -0.4 is 0 Å². The summed E-state index contributed by atoms with van der Waals surface area (Å²) in [4.78, 5) is 37.5. The average molecular weight is 1120 g/mol. The number of carbonyl (C=O) groups excluding carboxylic acids is 2. The predicted molar refractivity (Wildman–Crippen MR) is 345 cm³/mol. The Labute approximate surface area is 495 Å². The zero-order valence-corrected chi connectivity index (χ0v) is 51.9. The van der Waals surface area contributed by atoms with Crippen LogP contribution in [-0.4, -0.2) is 87.4 Å². The number of carbonyl (C=O) groups is 3. The highest BCUT2D eigenvalue weighted by atomic mass is 16.7. The van der Waals surface area contributed by atoms with Crippen molar-refractivity contribution in [3.63, 3.8) is 0 Å². The maximum Gasteiger partial charge on any atom is 0.361 e. The van der Waals surface area contributed by atoms with Gasteiger partial charge in [-0.15, -0.1) is 0 Å². The van der Waals surface area contributed by atoms with Crippen molar-refractivity contribution in [3.8, 4) is 0 Å². The van der Waals surface area contributed by atoms with Gasteiger partial charge in [0.2, 0.25) is 0 Å². The van der Waals surface area contributed by atoms with E-state index < -0.39 is 24.3 Å². The summed E-state index contributed by atoms with van der Waals surface area (Å²) >= 11 is 0. The van der Waals surface area contributed by atoms with Crippen molar-refractivity contribution in [2.75, 3.05) is 47.5 Å². The van der Waals surface area contributed by atoms with Gasteiger partial charge in [-0.2, -0.15) is 0 Å². The van der Waals surface area contributed by atoms with Gasteiger partial charge in [-0.25, -0.2) is 4.79 Å².